The highest BCUT2D eigenvalue weighted by molar-refractivity contribution is 6.30. The molecule has 1 amide bonds. The number of alkyl halides is 1. The number of rotatable bonds is 2. The van der Waals surface area contributed by atoms with E-state index in [2.05, 4.69) is 20.8 Å². The molecule has 1 aromatic rings. The molecular formula is C12H16ClNO. The van der Waals surface area contributed by atoms with E-state index >= 15 is 0 Å². The van der Waals surface area contributed by atoms with Crippen LogP contribution >= 0.6 is 11.6 Å². The summed E-state index contributed by atoms with van der Waals surface area (Å²) in [6, 6.07) is 7.66. The fourth-order valence-corrected chi connectivity index (χ4v) is 1.46. The van der Waals surface area contributed by atoms with Gasteiger partial charge in [0.05, 0.1) is 0 Å². The molecule has 1 rings (SSSR count). The second kappa shape index (κ2) is 4.23. The summed E-state index contributed by atoms with van der Waals surface area (Å²) in [6.45, 7) is 6.40. The first-order chi connectivity index (χ1) is 6.82. The van der Waals surface area contributed by atoms with Crippen molar-refractivity contribution in [1.82, 2.24) is 0 Å². The number of benzene rings is 1. The topological polar surface area (TPSA) is 43.1 Å². The van der Waals surface area contributed by atoms with Crippen molar-refractivity contribution in [3.8, 4) is 0 Å². The smallest absolute Gasteiger partial charge is 0.240 e. The minimum absolute atomic E-state index is 0.104. The number of carbonyl (C=O) groups excluding carboxylic acids is 1. The third kappa shape index (κ3) is 2.96. The summed E-state index contributed by atoms with van der Waals surface area (Å²) in [5, 5.41) is -0.737. The van der Waals surface area contributed by atoms with Gasteiger partial charge in [-0.15, -0.1) is 11.6 Å². The highest BCUT2D eigenvalue weighted by Crippen LogP contribution is 2.25. The van der Waals surface area contributed by atoms with Crippen molar-refractivity contribution >= 4 is 17.5 Å². The van der Waals surface area contributed by atoms with Gasteiger partial charge in [-0.25, -0.2) is 0 Å². The summed E-state index contributed by atoms with van der Waals surface area (Å²) in [5.41, 5.74) is 7.18. The minimum Gasteiger partial charge on any atom is -0.368 e. The number of halogens is 1. The average molecular weight is 226 g/mol. The summed E-state index contributed by atoms with van der Waals surface area (Å²) >= 11 is 5.83. The number of amides is 1. The van der Waals surface area contributed by atoms with Crippen LogP contribution < -0.4 is 5.73 Å². The van der Waals surface area contributed by atoms with Crippen LogP contribution in [-0.4, -0.2) is 5.91 Å². The molecule has 1 atom stereocenters. The van der Waals surface area contributed by atoms with Crippen LogP contribution in [0, 0.1) is 0 Å². The van der Waals surface area contributed by atoms with E-state index in [1.54, 1.807) is 0 Å². The van der Waals surface area contributed by atoms with Crippen LogP contribution in [0.2, 0.25) is 0 Å². The Morgan fingerprint density at radius 2 is 1.73 bits per heavy atom. The van der Waals surface area contributed by atoms with Crippen molar-refractivity contribution in [3.05, 3.63) is 35.4 Å². The molecule has 1 unspecified atom stereocenters. The van der Waals surface area contributed by atoms with E-state index < -0.39 is 11.3 Å². The van der Waals surface area contributed by atoms with E-state index in [1.165, 1.54) is 5.56 Å². The first kappa shape index (κ1) is 12.1. The predicted molar refractivity (Wildman–Crippen MR) is 62.9 cm³/mol. The molecule has 0 aromatic heterocycles. The van der Waals surface area contributed by atoms with Crippen molar-refractivity contribution in [2.45, 2.75) is 31.6 Å². The van der Waals surface area contributed by atoms with Crippen molar-refractivity contribution < 1.29 is 4.79 Å². The van der Waals surface area contributed by atoms with E-state index in [-0.39, 0.29) is 5.41 Å². The monoisotopic (exact) mass is 225 g/mol. The van der Waals surface area contributed by atoms with Crippen LogP contribution in [0.3, 0.4) is 0 Å². The molecule has 0 fully saturated rings. The lowest BCUT2D eigenvalue weighted by Gasteiger charge is -2.19. The van der Waals surface area contributed by atoms with Crippen molar-refractivity contribution in [3.63, 3.8) is 0 Å². The van der Waals surface area contributed by atoms with Gasteiger partial charge in [0, 0.05) is 0 Å². The summed E-state index contributed by atoms with van der Waals surface area (Å²) in [5.74, 6) is -0.514. The van der Waals surface area contributed by atoms with Gasteiger partial charge in [-0.2, -0.15) is 0 Å². The normalized spacial score (nSPS) is 13.6. The Bertz CT molecular complexity index is 351. The third-order valence-electron chi connectivity index (χ3n) is 2.32. The van der Waals surface area contributed by atoms with Gasteiger partial charge in [-0.3, -0.25) is 4.79 Å². The van der Waals surface area contributed by atoms with Gasteiger partial charge in [-0.1, -0.05) is 45.0 Å². The Morgan fingerprint density at radius 3 is 2.07 bits per heavy atom. The Labute approximate surface area is 95.4 Å². The second-order valence-electron chi connectivity index (χ2n) is 4.64. The first-order valence-electron chi connectivity index (χ1n) is 4.86. The van der Waals surface area contributed by atoms with Crippen LogP contribution in [0.4, 0.5) is 0 Å². The molecule has 0 spiro atoms. The molecule has 0 aliphatic carbocycles. The van der Waals surface area contributed by atoms with Crippen LogP contribution in [0.5, 0.6) is 0 Å². The predicted octanol–water partition coefficient (Wildman–Crippen LogP) is 2.75. The standard InChI is InChI=1S/C12H16ClNO/c1-12(2,3)9-6-4-8(5-7-9)10(13)11(14)15/h4-7,10H,1-3H3,(H2,14,15). The molecule has 0 heterocycles. The Balaban J connectivity index is 2.95. The molecule has 3 heteroatoms. The fourth-order valence-electron chi connectivity index (χ4n) is 1.32. The number of nitrogens with two attached hydrogens (primary N) is 1. The number of hydrogen-bond donors (Lipinski definition) is 1. The molecule has 2 nitrogen and oxygen atoms in total. The maximum absolute atomic E-state index is 10.9. The lowest BCUT2D eigenvalue weighted by Crippen LogP contribution is -2.17. The lowest BCUT2D eigenvalue weighted by atomic mass is 9.86. The SMILES string of the molecule is CC(C)(C)c1ccc(C(Cl)C(N)=O)cc1. The van der Waals surface area contributed by atoms with Gasteiger partial charge >= 0.3 is 0 Å². The van der Waals surface area contributed by atoms with Crippen LogP contribution in [0.1, 0.15) is 37.3 Å². The van der Waals surface area contributed by atoms with Gasteiger partial charge in [0.1, 0.15) is 5.38 Å². The Hall–Kier alpha value is -1.02. The molecule has 1 aromatic carbocycles. The van der Waals surface area contributed by atoms with Crippen LogP contribution in [0.25, 0.3) is 0 Å². The average Bonchev–Trinajstić information content (AvgIpc) is 2.15. The van der Waals surface area contributed by atoms with Crippen LogP contribution in [-0.2, 0) is 10.2 Å². The Kier molecular flexibility index (Phi) is 3.40. The largest absolute Gasteiger partial charge is 0.368 e. The van der Waals surface area contributed by atoms with E-state index in [4.69, 9.17) is 17.3 Å². The molecule has 0 aliphatic heterocycles. The summed E-state index contributed by atoms with van der Waals surface area (Å²) in [7, 11) is 0. The Morgan fingerprint density at radius 1 is 1.27 bits per heavy atom. The first-order valence-corrected chi connectivity index (χ1v) is 5.30. The zero-order valence-electron chi connectivity index (χ0n) is 9.25. The number of carbonyl (C=O) groups is 1. The molecule has 0 saturated heterocycles. The summed E-state index contributed by atoms with van der Waals surface area (Å²) < 4.78 is 0. The zero-order valence-corrected chi connectivity index (χ0v) is 10.0. The molecule has 0 saturated carbocycles. The van der Waals surface area contributed by atoms with Gasteiger partial charge in [0.2, 0.25) is 5.91 Å². The van der Waals surface area contributed by atoms with Gasteiger partial charge in [0.15, 0.2) is 0 Å². The summed E-state index contributed by atoms with van der Waals surface area (Å²) in [4.78, 5) is 10.9. The van der Waals surface area contributed by atoms with Crippen molar-refractivity contribution in [2.24, 2.45) is 5.73 Å². The fraction of sp³-hybridized carbons (Fsp3) is 0.417. The quantitative estimate of drug-likeness (QED) is 0.773. The maximum Gasteiger partial charge on any atom is 0.240 e. The molecule has 0 aliphatic rings. The van der Waals surface area contributed by atoms with E-state index in [9.17, 15) is 4.79 Å². The molecular weight excluding hydrogens is 210 g/mol. The summed E-state index contributed by atoms with van der Waals surface area (Å²) in [6.07, 6.45) is 0. The van der Waals surface area contributed by atoms with Gasteiger partial charge in [0.25, 0.3) is 0 Å². The third-order valence-corrected chi connectivity index (χ3v) is 2.79. The van der Waals surface area contributed by atoms with Crippen molar-refractivity contribution in [1.29, 1.82) is 0 Å². The maximum atomic E-state index is 10.9. The molecule has 82 valence electrons. The van der Waals surface area contributed by atoms with E-state index in [1.807, 2.05) is 24.3 Å². The minimum atomic E-state index is -0.737. The zero-order chi connectivity index (χ0) is 11.6. The van der Waals surface area contributed by atoms with E-state index in [0.29, 0.717) is 0 Å². The second-order valence-corrected chi connectivity index (χ2v) is 5.07. The van der Waals surface area contributed by atoms with Crippen LogP contribution in [0.15, 0.2) is 24.3 Å². The molecule has 15 heavy (non-hydrogen) atoms. The highest BCUT2D eigenvalue weighted by atomic mass is 35.5. The molecule has 0 radical (unpaired) electrons. The lowest BCUT2D eigenvalue weighted by molar-refractivity contribution is -0.117. The molecule has 0 bridgehead atoms. The van der Waals surface area contributed by atoms with E-state index in [0.717, 1.165) is 5.56 Å². The van der Waals surface area contributed by atoms with Gasteiger partial charge in [-0.05, 0) is 16.5 Å². The van der Waals surface area contributed by atoms with Crippen molar-refractivity contribution in [2.75, 3.05) is 0 Å². The molecule has 2 N–H and O–H groups in total. The number of primary amides is 1. The van der Waals surface area contributed by atoms with Gasteiger partial charge < -0.3 is 5.73 Å². The number of hydrogen-bond acceptors (Lipinski definition) is 1. The highest BCUT2D eigenvalue weighted by Gasteiger charge is 2.16.